The fraction of sp³-hybridized carbons (Fsp3) is 0.300. The van der Waals surface area contributed by atoms with Crippen molar-refractivity contribution in [1.29, 1.82) is 0 Å². The van der Waals surface area contributed by atoms with Crippen LogP contribution in [-0.4, -0.2) is 51.9 Å². The van der Waals surface area contributed by atoms with Gasteiger partial charge in [0.2, 0.25) is 0 Å². The van der Waals surface area contributed by atoms with Gasteiger partial charge in [0.15, 0.2) is 0 Å². The van der Waals surface area contributed by atoms with Crippen LogP contribution in [0.25, 0.3) is 0 Å². The van der Waals surface area contributed by atoms with Crippen LogP contribution < -0.4 is 0 Å². The van der Waals surface area contributed by atoms with Crippen molar-refractivity contribution < 1.29 is 10.2 Å². The van der Waals surface area contributed by atoms with Crippen LogP contribution in [0.15, 0.2) is 58.5 Å². The molecule has 0 amide bonds. The molecule has 27 heavy (non-hydrogen) atoms. The van der Waals surface area contributed by atoms with Crippen molar-refractivity contribution in [3.05, 3.63) is 59.7 Å². The van der Waals surface area contributed by atoms with Gasteiger partial charge in [0, 0.05) is 23.6 Å². The fourth-order valence-corrected chi connectivity index (χ4v) is 3.31. The minimum Gasteiger partial charge on any atom is -0.507 e. The van der Waals surface area contributed by atoms with Gasteiger partial charge in [0.1, 0.15) is 11.5 Å². The molecule has 0 saturated carbocycles. The number of para-hydroxylation sites is 2. The van der Waals surface area contributed by atoms with Crippen molar-refractivity contribution in [2.45, 2.75) is 22.7 Å². The molecule has 0 bridgehead atoms. The maximum absolute atomic E-state index is 9.54. The zero-order chi connectivity index (χ0) is 20.1. The molecule has 0 unspecified atom stereocenters. The zero-order valence-electron chi connectivity index (χ0n) is 15.6. The zero-order valence-corrected chi connectivity index (χ0v) is 20.0. The van der Waals surface area contributed by atoms with Gasteiger partial charge in [-0.1, -0.05) is 24.3 Å². The van der Waals surface area contributed by atoms with Gasteiger partial charge >= 0.3 is 56.7 Å². The van der Waals surface area contributed by atoms with Crippen LogP contribution >= 0.6 is 17.8 Å². The van der Waals surface area contributed by atoms with E-state index in [-0.39, 0.29) is 11.5 Å². The van der Waals surface area contributed by atoms with Gasteiger partial charge in [-0.25, -0.2) is 0 Å². The first-order valence-electron chi connectivity index (χ1n) is 8.83. The largest absolute Gasteiger partial charge is 0.507 e. The van der Waals surface area contributed by atoms with E-state index in [1.807, 2.05) is 12.1 Å². The van der Waals surface area contributed by atoms with Gasteiger partial charge in [-0.3, -0.25) is 9.98 Å². The van der Waals surface area contributed by atoms with Gasteiger partial charge in [-0.15, -0.1) is 0 Å². The molecular formula is C20H26Cl2N2O2Sn. The quantitative estimate of drug-likeness (QED) is 0.287. The van der Waals surface area contributed by atoms with E-state index in [9.17, 15) is 10.2 Å². The van der Waals surface area contributed by atoms with Crippen molar-refractivity contribution in [2.75, 3.05) is 13.1 Å². The van der Waals surface area contributed by atoms with Crippen molar-refractivity contribution in [1.82, 2.24) is 0 Å². The Morgan fingerprint density at radius 1 is 0.778 bits per heavy atom. The first-order valence-corrected chi connectivity index (χ1v) is 20.1. The van der Waals surface area contributed by atoms with E-state index in [1.165, 1.54) is 0 Å². The monoisotopic (exact) mass is 516 g/mol. The van der Waals surface area contributed by atoms with Crippen molar-refractivity contribution in [2.24, 2.45) is 9.98 Å². The Balaban J connectivity index is 0.000000445. The Morgan fingerprint density at radius 3 is 1.44 bits per heavy atom. The molecule has 0 aliphatic heterocycles. The van der Waals surface area contributed by atoms with Crippen LogP contribution in [0.4, 0.5) is 0 Å². The Morgan fingerprint density at radius 2 is 1.15 bits per heavy atom. The van der Waals surface area contributed by atoms with Gasteiger partial charge in [-0.05, 0) is 24.3 Å². The molecule has 0 heterocycles. The molecule has 2 aromatic rings. The second-order valence-corrected chi connectivity index (χ2v) is 25.7. The molecule has 146 valence electrons. The normalized spacial score (nSPS) is 11.6. The third-order valence-electron chi connectivity index (χ3n) is 3.73. The summed E-state index contributed by atoms with van der Waals surface area (Å²) in [5.41, 5.74) is 1.38. The Kier molecular flexibility index (Phi) is 11.5. The molecule has 0 aliphatic carbocycles. The van der Waals surface area contributed by atoms with Crippen molar-refractivity contribution in [3.63, 3.8) is 0 Å². The summed E-state index contributed by atoms with van der Waals surface area (Å²) in [6.45, 7) is 5.19. The standard InChI is InChI=1S/C16H16N2O2.2C2H5.2ClH.Sn/c19-15-7-3-1-5-13(15)11-17-9-10-18-12-14-6-2-4-8-16(14)20;2*1-2;;;/h1-8,11-12,19-20H,9-10H2;2*1H2,2H3;2*1H;/q;;;;;+2/p-2. The molecule has 2 rings (SSSR count). The molecule has 0 aromatic heterocycles. The van der Waals surface area contributed by atoms with E-state index in [0.29, 0.717) is 24.2 Å². The molecule has 7 heteroatoms. The second kappa shape index (κ2) is 13.0. The molecule has 2 aromatic carbocycles. The summed E-state index contributed by atoms with van der Waals surface area (Å²) in [5.74, 6) is 0.433. The number of rotatable bonds is 7. The van der Waals surface area contributed by atoms with Crippen LogP contribution in [0.3, 0.4) is 0 Å². The molecule has 0 atom stereocenters. The van der Waals surface area contributed by atoms with E-state index in [4.69, 9.17) is 17.8 Å². The van der Waals surface area contributed by atoms with Crippen molar-refractivity contribution >= 4 is 46.4 Å². The predicted octanol–water partition coefficient (Wildman–Crippen LogP) is 5.58. The average molecular weight is 516 g/mol. The number of hydrogen-bond donors (Lipinski definition) is 2. The van der Waals surface area contributed by atoms with Crippen LogP contribution in [0, 0.1) is 0 Å². The Bertz CT molecular complexity index is 691. The summed E-state index contributed by atoms with van der Waals surface area (Å²) < 4.78 is 2.07. The topological polar surface area (TPSA) is 65.2 Å². The SMILES string of the molecule is C[CH2][Sn]([Cl])([Cl])[CH2]C.Oc1ccccc1C=NCCN=Cc1ccccc1O. The summed E-state index contributed by atoms with van der Waals surface area (Å²) in [4.78, 5) is 8.39. The van der Waals surface area contributed by atoms with Gasteiger partial charge in [0.05, 0.1) is 13.1 Å². The summed E-state index contributed by atoms with van der Waals surface area (Å²) >= 11 is -2.34. The molecule has 0 spiro atoms. The number of nitrogens with zero attached hydrogens (tertiary/aromatic N) is 2. The third-order valence-corrected chi connectivity index (χ3v) is 16.8. The molecule has 0 radical (unpaired) electrons. The van der Waals surface area contributed by atoms with Crippen LogP contribution in [0.2, 0.25) is 8.87 Å². The number of hydrogen-bond acceptors (Lipinski definition) is 4. The number of phenols is 2. The van der Waals surface area contributed by atoms with Crippen LogP contribution in [0.5, 0.6) is 11.5 Å². The average Bonchev–Trinajstić information content (AvgIpc) is 2.67. The summed E-state index contributed by atoms with van der Waals surface area (Å²) in [7, 11) is 11.8. The van der Waals surface area contributed by atoms with E-state index in [1.54, 1.807) is 48.8 Å². The number of aromatic hydroxyl groups is 2. The van der Waals surface area contributed by atoms with Crippen LogP contribution in [-0.2, 0) is 0 Å². The third kappa shape index (κ3) is 10.0. The number of aliphatic imine (C=N–C) groups is 2. The molecule has 4 nitrogen and oxygen atoms in total. The van der Waals surface area contributed by atoms with E-state index in [2.05, 4.69) is 23.8 Å². The number of phenolic OH excluding ortho intramolecular Hbond substituents is 2. The van der Waals surface area contributed by atoms with E-state index < -0.39 is 16.1 Å². The maximum atomic E-state index is 9.54. The predicted molar refractivity (Wildman–Crippen MR) is 120 cm³/mol. The smallest absolute Gasteiger partial charge is 0.124 e. The first-order chi connectivity index (χ1) is 12.9. The molecule has 0 aliphatic rings. The first kappa shape index (κ1) is 23.8. The summed E-state index contributed by atoms with van der Waals surface area (Å²) in [6.07, 6.45) is 3.26. The van der Waals surface area contributed by atoms with Gasteiger partial charge in [-0.2, -0.15) is 0 Å². The Hall–Kier alpha value is -1.24. The molecule has 0 fully saturated rings. The molecule has 0 saturated heterocycles. The van der Waals surface area contributed by atoms with Crippen LogP contribution in [0.1, 0.15) is 25.0 Å². The molecule has 2 N–H and O–H groups in total. The minimum atomic E-state index is -2.34. The van der Waals surface area contributed by atoms with Crippen molar-refractivity contribution in [3.8, 4) is 11.5 Å². The molecular weight excluding hydrogens is 490 g/mol. The number of benzene rings is 2. The summed E-state index contributed by atoms with van der Waals surface area (Å²) in [6, 6.07) is 14.1. The van der Waals surface area contributed by atoms with Gasteiger partial charge < -0.3 is 10.2 Å². The minimum absolute atomic E-state index is 0.217. The maximum Gasteiger partial charge on any atom is 0.124 e. The number of halogens is 2. The second-order valence-electron chi connectivity index (χ2n) is 5.75. The van der Waals surface area contributed by atoms with E-state index >= 15 is 0 Å². The summed E-state index contributed by atoms with van der Waals surface area (Å²) in [5, 5.41) is 19.1. The van der Waals surface area contributed by atoms with Gasteiger partial charge in [0.25, 0.3) is 0 Å². The van der Waals surface area contributed by atoms with E-state index in [0.717, 1.165) is 8.87 Å². The fourth-order valence-electron chi connectivity index (χ4n) is 1.88. The Labute approximate surface area is 172 Å².